The number of hydrogen-bond donors (Lipinski definition) is 1. The fourth-order valence-corrected chi connectivity index (χ4v) is 2.05. The second-order valence-electron chi connectivity index (χ2n) is 4.76. The predicted octanol–water partition coefficient (Wildman–Crippen LogP) is 1.94. The maximum Gasteiger partial charge on any atom is 0.309 e. The Morgan fingerprint density at radius 1 is 1.37 bits per heavy atom. The zero-order valence-electron chi connectivity index (χ0n) is 10.7. The van der Waals surface area contributed by atoms with Gasteiger partial charge >= 0.3 is 5.97 Å². The van der Waals surface area contributed by atoms with Crippen molar-refractivity contribution in [2.24, 2.45) is 5.92 Å². The number of nitrogens with zero attached hydrogens (tertiary/aromatic N) is 1. The molecule has 0 aliphatic carbocycles. The highest BCUT2D eigenvalue weighted by Gasteiger charge is 2.31. The van der Waals surface area contributed by atoms with Crippen LogP contribution in [0, 0.1) is 5.92 Å². The van der Waals surface area contributed by atoms with Crippen molar-refractivity contribution in [3.63, 3.8) is 0 Å². The highest BCUT2D eigenvalue weighted by molar-refractivity contribution is 5.71. The fourth-order valence-electron chi connectivity index (χ4n) is 2.05. The summed E-state index contributed by atoms with van der Waals surface area (Å²) in [6.07, 6.45) is 0.409. The van der Waals surface area contributed by atoms with Gasteiger partial charge in [-0.25, -0.2) is 0 Å². The van der Waals surface area contributed by atoms with Gasteiger partial charge in [-0.15, -0.1) is 0 Å². The van der Waals surface area contributed by atoms with E-state index in [4.69, 9.17) is 9.84 Å². The van der Waals surface area contributed by atoms with Gasteiger partial charge in [-0.1, -0.05) is 12.1 Å². The molecule has 0 atom stereocenters. The number of hydrogen-bond acceptors (Lipinski definition) is 3. The number of carbonyl (C=O) groups is 1. The molecule has 4 nitrogen and oxygen atoms in total. The number of carboxylic acid groups (broad SMARTS) is 1. The van der Waals surface area contributed by atoms with E-state index in [0.717, 1.165) is 17.9 Å². The van der Waals surface area contributed by atoms with Gasteiger partial charge in [-0.05, 0) is 17.7 Å². The lowest BCUT2D eigenvalue weighted by Crippen LogP contribution is -2.49. The first-order valence-electron chi connectivity index (χ1n) is 6.42. The topological polar surface area (TPSA) is 49.8 Å². The molecule has 1 aliphatic heterocycles. The maximum atomic E-state index is 11.9. The predicted molar refractivity (Wildman–Crippen MR) is 68.9 cm³/mol. The molecule has 1 N–H and O–H groups in total. The molecule has 104 valence electrons. The molecule has 1 heterocycles. The highest BCUT2D eigenvalue weighted by Crippen LogP contribution is 2.20. The average molecular weight is 267 g/mol. The maximum absolute atomic E-state index is 11.9. The third-order valence-electron chi connectivity index (χ3n) is 3.18. The molecular formula is C14H18FNO3. The van der Waals surface area contributed by atoms with Crippen molar-refractivity contribution in [1.29, 1.82) is 0 Å². The summed E-state index contributed by atoms with van der Waals surface area (Å²) < 4.78 is 17.3. The summed E-state index contributed by atoms with van der Waals surface area (Å²) in [6.45, 7) is 2.02. The summed E-state index contributed by atoms with van der Waals surface area (Å²) in [5, 5.41) is 8.79. The Balaban J connectivity index is 1.75. The monoisotopic (exact) mass is 267 g/mol. The van der Waals surface area contributed by atoms with Gasteiger partial charge in [0.15, 0.2) is 0 Å². The second-order valence-corrected chi connectivity index (χ2v) is 4.76. The average Bonchev–Trinajstić information content (AvgIpc) is 2.35. The second kappa shape index (κ2) is 6.52. The van der Waals surface area contributed by atoms with Gasteiger partial charge in [0.1, 0.15) is 5.75 Å². The van der Waals surface area contributed by atoms with Crippen LogP contribution in [0.5, 0.6) is 5.75 Å². The van der Waals surface area contributed by atoms with Crippen molar-refractivity contribution in [3.05, 3.63) is 29.8 Å². The van der Waals surface area contributed by atoms with Gasteiger partial charge in [0.05, 0.1) is 19.2 Å². The standard InChI is InChI=1S/C14H18FNO3/c15-6-1-7-19-13-4-2-11(3-5-13)8-16-9-12(10-16)14(17)18/h2-5,12H,1,6-10H2,(H,17,18). The minimum absolute atomic E-state index is 0.219. The minimum Gasteiger partial charge on any atom is -0.494 e. The number of likely N-dealkylation sites (tertiary alicyclic amines) is 1. The van der Waals surface area contributed by atoms with E-state index in [0.29, 0.717) is 26.1 Å². The Labute approximate surface area is 111 Å². The van der Waals surface area contributed by atoms with Crippen LogP contribution in [0.2, 0.25) is 0 Å². The largest absolute Gasteiger partial charge is 0.494 e. The van der Waals surface area contributed by atoms with E-state index in [1.165, 1.54) is 0 Å². The smallest absolute Gasteiger partial charge is 0.309 e. The lowest BCUT2D eigenvalue weighted by molar-refractivity contribution is -0.147. The summed E-state index contributed by atoms with van der Waals surface area (Å²) >= 11 is 0. The van der Waals surface area contributed by atoms with E-state index in [2.05, 4.69) is 4.90 Å². The molecule has 0 unspecified atom stereocenters. The van der Waals surface area contributed by atoms with Crippen molar-refractivity contribution < 1.29 is 19.0 Å². The molecule has 1 aliphatic rings. The van der Waals surface area contributed by atoms with E-state index < -0.39 is 5.97 Å². The first kappa shape index (κ1) is 13.8. The summed E-state index contributed by atoms with van der Waals surface area (Å²) in [5.41, 5.74) is 1.13. The minimum atomic E-state index is -0.715. The molecule has 2 rings (SSSR count). The van der Waals surface area contributed by atoms with Gasteiger partial charge in [-0.2, -0.15) is 0 Å². The molecule has 1 aromatic rings. The zero-order valence-corrected chi connectivity index (χ0v) is 10.7. The van der Waals surface area contributed by atoms with Crippen molar-refractivity contribution in [2.45, 2.75) is 13.0 Å². The molecular weight excluding hydrogens is 249 g/mol. The first-order chi connectivity index (χ1) is 9.19. The number of aliphatic carboxylic acids is 1. The van der Waals surface area contributed by atoms with Crippen LogP contribution in [0.3, 0.4) is 0 Å². The number of rotatable bonds is 7. The van der Waals surface area contributed by atoms with E-state index in [1.54, 1.807) is 0 Å². The lowest BCUT2D eigenvalue weighted by atomic mass is 10.00. The Bertz CT molecular complexity index is 415. The first-order valence-corrected chi connectivity index (χ1v) is 6.42. The Hall–Kier alpha value is -1.62. The molecule has 0 bridgehead atoms. The van der Waals surface area contributed by atoms with Crippen LogP contribution in [-0.2, 0) is 11.3 Å². The SMILES string of the molecule is O=C(O)C1CN(Cc2ccc(OCCCF)cc2)C1. The number of carboxylic acids is 1. The molecule has 1 fully saturated rings. The molecule has 0 amide bonds. The molecule has 5 heteroatoms. The van der Waals surface area contributed by atoms with Crippen LogP contribution >= 0.6 is 0 Å². The van der Waals surface area contributed by atoms with Crippen LogP contribution < -0.4 is 4.74 Å². The zero-order chi connectivity index (χ0) is 13.7. The van der Waals surface area contributed by atoms with E-state index in [9.17, 15) is 9.18 Å². The molecule has 0 spiro atoms. The Morgan fingerprint density at radius 3 is 2.63 bits per heavy atom. The van der Waals surface area contributed by atoms with Crippen LogP contribution in [0.15, 0.2) is 24.3 Å². The summed E-state index contributed by atoms with van der Waals surface area (Å²) in [6, 6.07) is 7.64. The van der Waals surface area contributed by atoms with Crippen LogP contribution in [-0.4, -0.2) is 42.3 Å². The number of alkyl halides is 1. The Morgan fingerprint density at radius 2 is 2.05 bits per heavy atom. The normalized spacial score (nSPS) is 16.1. The molecule has 19 heavy (non-hydrogen) atoms. The number of ether oxygens (including phenoxy) is 1. The van der Waals surface area contributed by atoms with Crippen molar-refractivity contribution in [1.82, 2.24) is 4.90 Å². The van der Waals surface area contributed by atoms with Gasteiger partial charge in [0.2, 0.25) is 0 Å². The summed E-state index contributed by atoms with van der Waals surface area (Å²) in [4.78, 5) is 12.8. The van der Waals surface area contributed by atoms with Crippen molar-refractivity contribution in [2.75, 3.05) is 26.4 Å². The number of benzene rings is 1. The lowest BCUT2D eigenvalue weighted by Gasteiger charge is -2.36. The van der Waals surface area contributed by atoms with Crippen LogP contribution in [0.25, 0.3) is 0 Å². The third kappa shape index (κ3) is 3.92. The van der Waals surface area contributed by atoms with Gasteiger partial charge < -0.3 is 9.84 Å². The number of halogens is 1. The van der Waals surface area contributed by atoms with E-state index >= 15 is 0 Å². The quantitative estimate of drug-likeness (QED) is 0.767. The Kier molecular flexibility index (Phi) is 4.74. The summed E-state index contributed by atoms with van der Waals surface area (Å²) in [5.74, 6) is -0.194. The van der Waals surface area contributed by atoms with E-state index in [1.807, 2.05) is 24.3 Å². The molecule has 0 radical (unpaired) electrons. The van der Waals surface area contributed by atoms with Crippen molar-refractivity contribution in [3.8, 4) is 5.75 Å². The van der Waals surface area contributed by atoms with Crippen molar-refractivity contribution >= 4 is 5.97 Å². The molecule has 1 saturated heterocycles. The van der Waals surface area contributed by atoms with Gasteiger partial charge in [0.25, 0.3) is 0 Å². The fraction of sp³-hybridized carbons (Fsp3) is 0.500. The third-order valence-corrected chi connectivity index (χ3v) is 3.18. The van der Waals surface area contributed by atoms with E-state index in [-0.39, 0.29) is 12.6 Å². The molecule has 1 aromatic carbocycles. The van der Waals surface area contributed by atoms with Gasteiger partial charge in [0, 0.05) is 26.1 Å². The van der Waals surface area contributed by atoms with Crippen LogP contribution in [0.4, 0.5) is 4.39 Å². The molecule has 0 saturated carbocycles. The summed E-state index contributed by atoms with van der Waals surface area (Å²) in [7, 11) is 0. The van der Waals surface area contributed by atoms with Gasteiger partial charge in [-0.3, -0.25) is 14.1 Å². The van der Waals surface area contributed by atoms with Crippen LogP contribution in [0.1, 0.15) is 12.0 Å². The highest BCUT2D eigenvalue weighted by atomic mass is 19.1. The molecule has 0 aromatic heterocycles.